The number of piperidine rings is 2. The number of anilines is 1. The monoisotopic (exact) mass is 422 g/mol. The average Bonchev–Trinajstić information content (AvgIpc) is 3.22. The summed E-state index contributed by atoms with van der Waals surface area (Å²) in [5, 5.41) is 26.8. The maximum Gasteiger partial charge on any atom is 0.151 e. The Morgan fingerprint density at radius 1 is 1.16 bits per heavy atom. The van der Waals surface area contributed by atoms with E-state index in [0.29, 0.717) is 23.1 Å². The number of aryl methyl sites for hydroxylation is 1. The third-order valence-electron chi connectivity index (χ3n) is 6.62. The summed E-state index contributed by atoms with van der Waals surface area (Å²) in [6.07, 6.45) is 6.59. The second-order valence-corrected chi connectivity index (χ2v) is 8.67. The van der Waals surface area contributed by atoms with Gasteiger partial charge < -0.3 is 15.3 Å². The van der Waals surface area contributed by atoms with Crippen LogP contribution in [0.5, 0.6) is 5.75 Å². The topological polar surface area (TPSA) is 79.1 Å². The molecule has 3 aromatic rings. The van der Waals surface area contributed by atoms with E-state index < -0.39 is 6.17 Å². The van der Waals surface area contributed by atoms with Crippen LogP contribution in [0.2, 0.25) is 0 Å². The molecule has 2 saturated heterocycles. The second-order valence-electron chi connectivity index (χ2n) is 8.67. The molecule has 2 fully saturated rings. The molecule has 2 aliphatic rings. The summed E-state index contributed by atoms with van der Waals surface area (Å²) >= 11 is 0. The van der Waals surface area contributed by atoms with Crippen LogP contribution >= 0.6 is 0 Å². The Hall–Kier alpha value is -3.00. The van der Waals surface area contributed by atoms with Crippen LogP contribution in [0.3, 0.4) is 0 Å². The van der Waals surface area contributed by atoms with Gasteiger partial charge in [0.1, 0.15) is 11.9 Å². The predicted molar refractivity (Wildman–Crippen MR) is 118 cm³/mol. The van der Waals surface area contributed by atoms with Crippen molar-refractivity contribution >= 4 is 5.82 Å². The third-order valence-corrected chi connectivity index (χ3v) is 6.62. The van der Waals surface area contributed by atoms with Crippen LogP contribution in [0, 0.1) is 0 Å². The van der Waals surface area contributed by atoms with Crippen LogP contribution in [0.1, 0.15) is 25.7 Å². The fraction of sp³-hybridized carbons (Fsp3) is 0.435. The molecule has 7 nitrogen and oxygen atoms in total. The lowest BCUT2D eigenvalue weighted by Gasteiger charge is -2.46. The van der Waals surface area contributed by atoms with Crippen molar-refractivity contribution < 1.29 is 9.50 Å². The van der Waals surface area contributed by atoms with Gasteiger partial charge in [-0.1, -0.05) is 12.5 Å². The van der Waals surface area contributed by atoms with E-state index in [4.69, 9.17) is 0 Å². The maximum atomic E-state index is 15.0. The Kier molecular flexibility index (Phi) is 5.09. The smallest absolute Gasteiger partial charge is 0.151 e. The summed E-state index contributed by atoms with van der Waals surface area (Å²) in [4.78, 5) is 1.92. The molecular weight excluding hydrogens is 395 g/mol. The Balaban J connectivity index is 1.35. The molecule has 5 rings (SSSR count). The lowest BCUT2D eigenvalue weighted by molar-refractivity contribution is 0.107. The number of alkyl halides is 1. The summed E-state index contributed by atoms with van der Waals surface area (Å²) in [5.74, 6) is 0.773. The Bertz CT molecular complexity index is 1070. The van der Waals surface area contributed by atoms with Gasteiger partial charge in [0.25, 0.3) is 0 Å². The predicted octanol–water partition coefficient (Wildman–Crippen LogP) is 3.31. The molecule has 0 spiro atoms. The molecule has 4 heterocycles. The van der Waals surface area contributed by atoms with Gasteiger partial charge >= 0.3 is 0 Å². The normalized spacial score (nSPS) is 25.4. The van der Waals surface area contributed by atoms with Gasteiger partial charge in [-0.05, 0) is 49.1 Å². The zero-order valence-electron chi connectivity index (χ0n) is 17.7. The number of aromatic hydroxyl groups is 1. The zero-order valence-corrected chi connectivity index (χ0v) is 17.7. The van der Waals surface area contributed by atoms with Gasteiger partial charge in [0.2, 0.25) is 0 Å². The van der Waals surface area contributed by atoms with Gasteiger partial charge in [-0.25, -0.2) is 4.39 Å². The molecule has 2 aromatic heterocycles. The number of aromatic nitrogens is 4. The van der Waals surface area contributed by atoms with Crippen molar-refractivity contribution in [3.63, 3.8) is 0 Å². The van der Waals surface area contributed by atoms with Crippen molar-refractivity contribution in [1.82, 2.24) is 25.3 Å². The molecule has 4 atom stereocenters. The average molecular weight is 423 g/mol. The van der Waals surface area contributed by atoms with Gasteiger partial charge in [0.15, 0.2) is 5.82 Å². The number of rotatable bonds is 4. The zero-order chi connectivity index (χ0) is 21.5. The van der Waals surface area contributed by atoms with Gasteiger partial charge in [-0.2, -0.15) is 5.10 Å². The summed E-state index contributed by atoms with van der Waals surface area (Å²) in [6, 6.07) is 9.24. The quantitative estimate of drug-likeness (QED) is 0.672. The van der Waals surface area contributed by atoms with Gasteiger partial charge in [0.05, 0.1) is 17.9 Å². The Labute approximate surface area is 180 Å². The van der Waals surface area contributed by atoms with E-state index in [9.17, 15) is 5.11 Å². The summed E-state index contributed by atoms with van der Waals surface area (Å²) in [5.41, 5.74) is 2.99. The van der Waals surface area contributed by atoms with Crippen LogP contribution in [0.4, 0.5) is 10.2 Å². The number of phenolic OH excluding ortho intramolecular Hbond substituents is 1. The number of fused-ring (bicyclic) bond motifs is 2. The highest BCUT2D eigenvalue weighted by molar-refractivity contribution is 5.73. The van der Waals surface area contributed by atoms with E-state index in [-0.39, 0.29) is 17.8 Å². The van der Waals surface area contributed by atoms with Crippen molar-refractivity contribution in [2.45, 2.75) is 50.0 Å². The molecule has 2 unspecified atom stereocenters. The van der Waals surface area contributed by atoms with Crippen molar-refractivity contribution in [3.05, 3.63) is 42.7 Å². The van der Waals surface area contributed by atoms with Crippen LogP contribution in [-0.2, 0) is 7.05 Å². The molecule has 1 aromatic carbocycles. The minimum absolute atomic E-state index is 0.0672. The Morgan fingerprint density at radius 2 is 2.03 bits per heavy atom. The molecule has 162 valence electrons. The maximum absolute atomic E-state index is 15.0. The number of halogens is 1. The highest BCUT2D eigenvalue weighted by Crippen LogP contribution is 2.34. The first kappa shape index (κ1) is 19.9. The molecule has 2 aliphatic heterocycles. The molecule has 0 radical (unpaired) electrons. The van der Waals surface area contributed by atoms with E-state index in [1.54, 1.807) is 16.9 Å². The van der Waals surface area contributed by atoms with Crippen LogP contribution in [0.15, 0.2) is 42.7 Å². The number of hydrogen-bond acceptors (Lipinski definition) is 6. The fourth-order valence-electron chi connectivity index (χ4n) is 4.88. The van der Waals surface area contributed by atoms with E-state index in [0.717, 1.165) is 36.8 Å². The molecule has 31 heavy (non-hydrogen) atoms. The number of nitrogens with zero attached hydrogens (tertiary/aromatic N) is 5. The van der Waals surface area contributed by atoms with Crippen LogP contribution in [-0.4, -0.2) is 56.4 Å². The molecule has 0 aliphatic carbocycles. The van der Waals surface area contributed by atoms with Crippen molar-refractivity contribution in [2.75, 3.05) is 11.9 Å². The second kappa shape index (κ2) is 7.92. The number of phenols is 1. The van der Waals surface area contributed by atoms with E-state index in [1.165, 1.54) is 0 Å². The van der Waals surface area contributed by atoms with Crippen LogP contribution < -0.4 is 10.2 Å². The minimum atomic E-state index is -0.924. The van der Waals surface area contributed by atoms with E-state index in [1.807, 2.05) is 49.5 Å². The minimum Gasteiger partial charge on any atom is -0.507 e. The largest absolute Gasteiger partial charge is 0.507 e. The molecule has 0 saturated carbocycles. The number of nitrogens with one attached hydrogen (secondary N) is 1. The third kappa shape index (κ3) is 3.76. The molecule has 2 bridgehead atoms. The number of hydrogen-bond donors (Lipinski definition) is 2. The summed E-state index contributed by atoms with van der Waals surface area (Å²) in [6.45, 7) is 0. The summed E-state index contributed by atoms with van der Waals surface area (Å²) < 4.78 is 16.8. The first-order valence-electron chi connectivity index (χ1n) is 10.8. The van der Waals surface area contributed by atoms with Crippen molar-refractivity contribution in [1.29, 1.82) is 0 Å². The van der Waals surface area contributed by atoms with Crippen LogP contribution in [0.25, 0.3) is 22.4 Å². The highest BCUT2D eigenvalue weighted by Gasteiger charge is 2.41. The molecule has 0 amide bonds. The Morgan fingerprint density at radius 3 is 2.74 bits per heavy atom. The first-order chi connectivity index (χ1) is 15.0. The first-order valence-corrected chi connectivity index (χ1v) is 10.8. The van der Waals surface area contributed by atoms with Gasteiger partial charge in [0, 0.05) is 43.5 Å². The van der Waals surface area contributed by atoms with Gasteiger partial charge in [-0.15, -0.1) is 10.2 Å². The molecular formula is C23H27FN6O. The van der Waals surface area contributed by atoms with Gasteiger partial charge in [-0.3, -0.25) is 4.68 Å². The lowest BCUT2D eigenvalue weighted by Crippen LogP contribution is -2.61. The van der Waals surface area contributed by atoms with Crippen molar-refractivity contribution in [3.8, 4) is 28.1 Å². The SMILES string of the molecule is CN(c1ccc(-c2ccc(-c3cnn(C)c3)cc2O)nn1)[C@@H]1CC2CCCC(N2)[C@@H]1F. The standard InChI is InChI=1S/C23H27FN6O/c1-29-13-15(12-25-29)14-6-7-17(21(31)10-14)18-8-9-22(28-27-18)30(2)20-11-16-4-3-5-19(26-16)23(20)24/h6-10,12-13,16,19-20,23,26,31H,3-5,11H2,1-2H3/t16?,19?,20-,23+/m1/s1. The lowest BCUT2D eigenvalue weighted by atomic mass is 9.82. The summed E-state index contributed by atoms with van der Waals surface area (Å²) in [7, 11) is 3.75. The fourth-order valence-corrected chi connectivity index (χ4v) is 4.88. The molecule has 2 N–H and O–H groups in total. The van der Waals surface area contributed by atoms with E-state index in [2.05, 4.69) is 20.6 Å². The number of benzene rings is 1. The molecule has 8 heteroatoms. The van der Waals surface area contributed by atoms with Crippen molar-refractivity contribution in [2.24, 2.45) is 7.05 Å². The van der Waals surface area contributed by atoms with E-state index >= 15 is 4.39 Å². The highest BCUT2D eigenvalue weighted by atomic mass is 19.1.